The molecule has 0 amide bonds. The molecule has 0 N–H and O–H groups in total. The van der Waals surface area contributed by atoms with Crippen LogP contribution in [0.1, 0.15) is 0 Å². The summed E-state index contributed by atoms with van der Waals surface area (Å²) in [5, 5.41) is 12.3. The first-order valence-corrected chi connectivity index (χ1v) is 7.36. The van der Waals surface area contributed by atoms with Gasteiger partial charge in [0.15, 0.2) is 5.69 Å². The minimum atomic E-state index is -0.560. The van der Waals surface area contributed by atoms with E-state index < -0.39 is 5.63 Å². The van der Waals surface area contributed by atoms with Crippen LogP contribution in [0.25, 0.3) is 38.4 Å². The van der Waals surface area contributed by atoms with Crippen LogP contribution in [0.2, 0.25) is 0 Å². The van der Waals surface area contributed by atoms with Gasteiger partial charge in [-0.05, 0) is 17.7 Å². The van der Waals surface area contributed by atoms with E-state index in [1.807, 2.05) is 30.3 Å². The Morgan fingerprint density at radius 2 is 1.96 bits per heavy atom. The number of aromatic nitrogens is 3. The molecule has 0 atom stereocenters. The summed E-state index contributed by atoms with van der Waals surface area (Å²) in [4.78, 5) is 15.0. The number of hydrogen-bond donors (Lipinski definition) is 0. The van der Waals surface area contributed by atoms with Crippen LogP contribution in [0.3, 0.4) is 0 Å². The van der Waals surface area contributed by atoms with Gasteiger partial charge in [0.25, 0.3) is 0 Å². The highest BCUT2D eigenvalue weighted by atomic mass is 16.4. The molecule has 0 radical (unpaired) electrons. The lowest BCUT2D eigenvalue weighted by atomic mass is 10.2. The standard InChI is InChI=1S/C17H10N6O2/c18-21-19-13-7-6-12-8-15(17(24)25-16(12)9-13)23-10-14(20-22-23)11-4-2-1-3-5-11/h1-10H. The van der Waals surface area contributed by atoms with E-state index in [2.05, 4.69) is 20.3 Å². The molecular weight excluding hydrogens is 320 g/mol. The predicted molar refractivity (Wildman–Crippen MR) is 91.6 cm³/mol. The lowest BCUT2D eigenvalue weighted by molar-refractivity contribution is 0.550. The Labute approximate surface area is 140 Å². The molecule has 0 fully saturated rings. The van der Waals surface area contributed by atoms with Gasteiger partial charge in [-0.2, -0.15) is 0 Å². The Bertz CT molecular complexity index is 1170. The molecule has 8 heteroatoms. The first-order valence-electron chi connectivity index (χ1n) is 7.36. The fourth-order valence-corrected chi connectivity index (χ4v) is 2.49. The number of fused-ring (bicyclic) bond motifs is 1. The molecule has 4 aromatic rings. The number of nitrogens with zero attached hydrogens (tertiary/aromatic N) is 6. The average Bonchev–Trinajstić information content (AvgIpc) is 3.12. The van der Waals surface area contributed by atoms with Gasteiger partial charge >= 0.3 is 5.63 Å². The highest BCUT2D eigenvalue weighted by molar-refractivity contribution is 5.81. The van der Waals surface area contributed by atoms with Crippen molar-refractivity contribution in [1.82, 2.24) is 15.0 Å². The number of rotatable bonds is 3. The first-order chi connectivity index (χ1) is 12.2. The van der Waals surface area contributed by atoms with Crippen LogP contribution in [0.15, 0.2) is 75.1 Å². The van der Waals surface area contributed by atoms with Gasteiger partial charge in [0, 0.05) is 21.5 Å². The highest BCUT2D eigenvalue weighted by Gasteiger charge is 2.11. The molecule has 2 heterocycles. The van der Waals surface area contributed by atoms with Crippen molar-refractivity contribution in [3.8, 4) is 16.9 Å². The first kappa shape index (κ1) is 14.7. The quantitative estimate of drug-likeness (QED) is 0.245. The van der Waals surface area contributed by atoms with E-state index in [-0.39, 0.29) is 5.69 Å². The molecule has 0 saturated carbocycles. The fourth-order valence-electron chi connectivity index (χ4n) is 2.49. The summed E-state index contributed by atoms with van der Waals surface area (Å²) in [7, 11) is 0. The number of hydrogen-bond acceptors (Lipinski definition) is 5. The second kappa shape index (κ2) is 5.95. The van der Waals surface area contributed by atoms with Gasteiger partial charge in [0.05, 0.1) is 6.20 Å². The molecule has 120 valence electrons. The third kappa shape index (κ3) is 2.73. The third-order valence-electron chi connectivity index (χ3n) is 3.67. The summed E-state index contributed by atoms with van der Waals surface area (Å²) in [6.07, 6.45) is 1.67. The summed E-state index contributed by atoms with van der Waals surface area (Å²) in [6, 6.07) is 16.1. The summed E-state index contributed by atoms with van der Waals surface area (Å²) >= 11 is 0. The monoisotopic (exact) mass is 330 g/mol. The van der Waals surface area contributed by atoms with Gasteiger partial charge < -0.3 is 4.42 Å². The Hall–Kier alpha value is -3.90. The molecule has 0 saturated heterocycles. The van der Waals surface area contributed by atoms with Gasteiger partial charge in [0.1, 0.15) is 11.3 Å². The van der Waals surface area contributed by atoms with Crippen molar-refractivity contribution in [3.63, 3.8) is 0 Å². The topological polar surface area (TPSA) is 110 Å². The maximum atomic E-state index is 12.3. The van der Waals surface area contributed by atoms with Crippen LogP contribution in [-0.4, -0.2) is 15.0 Å². The van der Waals surface area contributed by atoms with E-state index in [0.717, 1.165) is 5.56 Å². The van der Waals surface area contributed by atoms with Crippen LogP contribution in [-0.2, 0) is 0 Å². The molecule has 0 bridgehead atoms. The summed E-state index contributed by atoms with van der Waals surface area (Å²) < 4.78 is 6.71. The molecule has 0 spiro atoms. The smallest absolute Gasteiger partial charge is 0.362 e. The molecule has 0 aliphatic rings. The second-order valence-corrected chi connectivity index (χ2v) is 5.25. The van der Waals surface area contributed by atoms with E-state index in [9.17, 15) is 4.79 Å². The fraction of sp³-hybridized carbons (Fsp3) is 0. The molecule has 0 unspecified atom stereocenters. The van der Waals surface area contributed by atoms with Crippen molar-refractivity contribution in [2.75, 3.05) is 0 Å². The largest absolute Gasteiger partial charge is 0.421 e. The summed E-state index contributed by atoms with van der Waals surface area (Å²) in [6.45, 7) is 0. The van der Waals surface area contributed by atoms with Crippen LogP contribution < -0.4 is 5.63 Å². The third-order valence-corrected chi connectivity index (χ3v) is 3.67. The predicted octanol–water partition coefficient (Wildman–Crippen LogP) is 3.98. The normalized spacial score (nSPS) is 10.6. The second-order valence-electron chi connectivity index (χ2n) is 5.25. The van der Waals surface area contributed by atoms with Crippen molar-refractivity contribution in [1.29, 1.82) is 0 Å². The lowest BCUT2D eigenvalue weighted by Crippen LogP contribution is -2.10. The minimum Gasteiger partial charge on any atom is -0.421 e. The molecule has 25 heavy (non-hydrogen) atoms. The SMILES string of the molecule is [N-]=[N+]=Nc1ccc2cc(-n3cc(-c4ccccc4)nn3)c(=O)oc2c1. The van der Waals surface area contributed by atoms with E-state index in [1.54, 1.807) is 24.4 Å². The Kier molecular flexibility index (Phi) is 3.49. The molecule has 8 nitrogen and oxygen atoms in total. The van der Waals surface area contributed by atoms with Gasteiger partial charge in [-0.3, -0.25) is 0 Å². The summed E-state index contributed by atoms with van der Waals surface area (Å²) in [5.74, 6) is 0. The zero-order valence-corrected chi connectivity index (χ0v) is 12.8. The minimum absolute atomic E-state index is 0.249. The van der Waals surface area contributed by atoms with Crippen molar-refractivity contribution in [3.05, 3.63) is 81.7 Å². The number of azide groups is 1. The molecule has 0 aliphatic heterocycles. The van der Waals surface area contributed by atoms with Crippen molar-refractivity contribution < 1.29 is 4.42 Å². The van der Waals surface area contributed by atoms with Gasteiger partial charge in [-0.1, -0.05) is 52.8 Å². The van der Waals surface area contributed by atoms with Crippen LogP contribution in [0.5, 0.6) is 0 Å². The molecule has 4 rings (SSSR count). The maximum absolute atomic E-state index is 12.3. The van der Waals surface area contributed by atoms with Gasteiger partial charge in [0.2, 0.25) is 0 Å². The van der Waals surface area contributed by atoms with Crippen LogP contribution in [0.4, 0.5) is 5.69 Å². The molecule has 0 aliphatic carbocycles. The van der Waals surface area contributed by atoms with E-state index >= 15 is 0 Å². The maximum Gasteiger partial charge on any atom is 0.362 e. The van der Waals surface area contributed by atoms with Gasteiger partial charge in [-0.25, -0.2) is 9.48 Å². The van der Waals surface area contributed by atoms with E-state index in [0.29, 0.717) is 22.4 Å². The molecule has 2 aromatic carbocycles. The van der Waals surface area contributed by atoms with Gasteiger partial charge in [-0.15, -0.1) is 5.10 Å². The van der Waals surface area contributed by atoms with Crippen molar-refractivity contribution in [2.24, 2.45) is 5.11 Å². The zero-order chi connectivity index (χ0) is 17.2. The molecule has 2 aromatic heterocycles. The van der Waals surface area contributed by atoms with Crippen LogP contribution in [0, 0.1) is 0 Å². The zero-order valence-electron chi connectivity index (χ0n) is 12.8. The van der Waals surface area contributed by atoms with E-state index in [1.165, 1.54) is 10.7 Å². The molecular formula is C17H10N6O2. The van der Waals surface area contributed by atoms with Crippen LogP contribution >= 0.6 is 0 Å². The summed E-state index contributed by atoms with van der Waals surface area (Å²) in [5.41, 5.74) is 10.4. The highest BCUT2D eigenvalue weighted by Crippen LogP contribution is 2.22. The Morgan fingerprint density at radius 1 is 1.12 bits per heavy atom. The van der Waals surface area contributed by atoms with Crippen molar-refractivity contribution >= 4 is 16.7 Å². The van der Waals surface area contributed by atoms with Crippen molar-refractivity contribution in [2.45, 2.75) is 0 Å². The lowest BCUT2D eigenvalue weighted by Gasteiger charge is -2.02. The Balaban J connectivity index is 1.81. The number of benzene rings is 2. The average molecular weight is 330 g/mol. The van der Waals surface area contributed by atoms with E-state index in [4.69, 9.17) is 9.95 Å². The Morgan fingerprint density at radius 3 is 2.76 bits per heavy atom.